The minimum atomic E-state index is -0.974. The maximum atomic E-state index is 12.6. The first-order valence-corrected chi connectivity index (χ1v) is 13.4. The molecule has 3 rings (SSSR count). The normalized spacial score (nSPS) is 17.3. The van der Waals surface area contributed by atoms with Crippen molar-refractivity contribution in [3.8, 4) is 0 Å². The molecule has 1 aromatic heterocycles. The summed E-state index contributed by atoms with van der Waals surface area (Å²) in [5.74, 6) is 0. The van der Waals surface area contributed by atoms with Crippen LogP contribution in [0.25, 0.3) is 0 Å². The monoisotopic (exact) mass is 472 g/mol. The number of hydrogen-bond donors (Lipinski definition) is 1. The molecule has 0 amide bonds. The van der Waals surface area contributed by atoms with Crippen LogP contribution in [-0.4, -0.2) is 28.4 Å². The van der Waals surface area contributed by atoms with Crippen LogP contribution in [-0.2, 0) is 10.8 Å². The highest BCUT2D eigenvalue weighted by Gasteiger charge is 2.26. The minimum Gasteiger partial charge on any atom is -0.370 e. The Bertz CT molecular complexity index is 804. The Morgan fingerprint density at radius 1 is 1.10 bits per heavy atom. The number of alkyl halides is 1. The first-order valence-electron chi connectivity index (χ1n) is 9.82. The summed E-state index contributed by atoms with van der Waals surface area (Å²) in [5, 5.41) is 0. The summed E-state index contributed by atoms with van der Waals surface area (Å²) in [6.45, 7) is 13.0. The molecule has 162 valence electrons. The first kappa shape index (κ1) is 24.6. The number of nitrogens with one attached hydrogen (secondary N) is 1. The lowest BCUT2D eigenvalue weighted by atomic mass is 9.82. The van der Waals surface area contributed by atoms with E-state index in [1.165, 1.54) is 24.9 Å². The molecule has 0 bridgehead atoms. The lowest BCUT2D eigenvalue weighted by Crippen LogP contribution is -2.37. The summed E-state index contributed by atoms with van der Waals surface area (Å²) in [5.41, 5.74) is 2.87. The second-order valence-electron chi connectivity index (χ2n) is 8.83. The maximum absolute atomic E-state index is 12.6. The van der Waals surface area contributed by atoms with Crippen molar-refractivity contribution < 1.29 is 4.21 Å². The molecule has 1 fully saturated rings. The van der Waals surface area contributed by atoms with Crippen molar-refractivity contribution in [2.45, 2.75) is 60.6 Å². The molecule has 1 saturated heterocycles. The average molecular weight is 473 g/mol. The quantitative estimate of drug-likeness (QED) is 0.366. The van der Waals surface area contributed by atoms with E-state index in [9.17, 15) is 4.21 Å². The third-order valence-corrected chi connectivity index (χ3v) is 9.07. The SMILES string of the molecule is CC1(C)CCN(c2ccccc2NSc2ccc(S(=O)C(C)(C)C)s2)CC1.CCl. The van der Waals surface area contributed by atoms with Gasteiger partial charge in [-0.25, -0.2) is 0 Å². The van der Waals surface area contributed by atoms with Gasteiger partial charge in [0.1, 0.15) is 0 Å². The number of thiophene rings is 1. The van der Waals surface area contributed by atoms with Crippen molar-refractivity contribution in [2.75, 3.05) is 29.1 Å². The third-order valence-electron chi connectivity index (χ3n) is 4.92. The Morgan fingerprint density at radius 2 is 1.72 bits per heavy atom. The molecule has 1 unspecified atom stereocenters. The van der Waals surface area contributed by atoms with Gasteiger partial charge >= 0.3 is 0 Å². The highest BCUT2D eigenvalue weighted by molar-refractivity contribution is 8.02. The molecule has 0 saturated carbocycles. The molecule has 7 heteroatoms. The minimum absolute atomic E-state index is 0.227. The van der Waals surface area contributed by atoms with Crippen LogP contribution in [0.4, 0.5) is 11.4 Å². The van der Waals surface area contributed by atoms with E-state index >= 15 is 0 Å². The van der Waals surface area contributed by atoms with E-state index in [-0.39, 0.29) is 4.75 Å². The first-order chi connectivity index (χ1) is 13.7. The van der Waals surface area contributed by atoms with Gasteiger partial charge in [-0.05, 0) is 75.2 Å². The van der Waals surface area contributed by atoms with E-state index in [1.807, 2.05) is 26.8 Å². The lowest BCUT2D eigenvalue weighted by Gasteiger charge is -2.38. The van der Waals surface area contributed by atoms with E-state index in [2.05, 4.69) is 65.4 Å². The molecule has 1 aliphatic heterocycles. The number of hydrogen-bond acceptors (Lipinski definition) is 5. The van der Waals surface area contributed by atoms with Gasteiger partial charge in [-0.1, -0.05) is 26.0 Å². The van der Waals surface area contributed by atoms with E-state index in [1.54, 1.807) is 23.3 Å². The molecule has 0 aliphatic carbocycles. The molecular weight excluding hydrogens is 440 g/mol. The van der Waals surface area contributed by atoms with Gasteiger partial charge in [-0.15, -0.1) is 22.9 Å². The molecule has 0 spiro atoms. The highest BCUT2D eigenvalue weighted by atomic mass is 35.5. The Balaban J connectivity index is 0.00000145. The van der Waals surface area contributed by atoms with E-state index in [0.29, 0.717) is 5.41 Å². The summed E-state index contributed by atoms with van der Waals surface area (Å²) in [7, 11) is -0.974. The second kappa shape index (κ2) is 10.6. The predicted molar refractivity (Wildman–Crippen MR) is 133 cm³/mol. The molecular formula is C22H33ClN2OS3. The van der Waals surface area contributed by atoms with Crippen molar-refractivity contribution >= 4 is 57.1 Å². The van der Waals surface area contributed by atoms with Gasteiger partial charge in [0.25, 0.3) is 0 Å². The molecule has 1 N–H and O–H groups in total. The fraction of sp³-hybridized carbons (Fsp3) is 0.545. The largest absolute Gasteiger partial charge is 0.370 e. The van der Waals surface area contributed by atoms with Crippen LogP contribution in [0.3, 0.4) is 0 Å². The van der Waals surface area contributed by atoms with Crippen LogP contribution in [0.5, 0.6) is 0 Å². The fourth-order valence-corrected chi connectivity index (χ4v) is 6.88. The number of benzene rings is 1. The molecule has 1 aliphatic rings. The Morgan fingerprint density at radius 3 is 2.34 bits per heavy atom. The van der Waals surface area contributed by atoms with Gasteiger partial charge in [-0.2, -0.15) is 0 Å². The number of nitrogens with zero attached hydrogens (tertiary/aromatic N) is 1. The Hall–Kier alpha value is -0.690. The third kappa shape index (κ3) is 6.91. The average Bonchev–Trinajstić information content (AvgIpc) is 3.16. The van der Waals surface area contributed by atoms with Crippen LogP contribution in [0.2, 0.25) is 0 Å². The van der Waals surface area contributed by atoms with Crippen LogP contribution < -0.4 is 9.62 Å². The molecule has 3 nitrogen and oxygen atoms in total. The van der Waals surface area contributed by atoms with Gasteiger partial charge in [-0.3, -0.25) is 4.21 Å². The Labute approximate surface area is 192 Å². The van der Waals surface area contributed by atoms with Crippen molar-refractivity contribution in [2.24, 2.45) is 5.41 Å². The van der Waals surface area contributed by atoms with Crippen molar-refractivity contribution in [1.29, 1.82) is 0 Å². The molecule has 1 atom stereocenters. The second-order valence-corrected chi connectivity index (χ2v) is 13.5. The number of rotatable bonds is 5. The van der Waals surface area contributed by atoms with Gasteiger partial charge < -0.3 is 9.62 Å². The maximum Gasteiger partial charge on any atom is 0.0928 e. The van der Waals surface area contributed by atoms with Crippen LogP contribution in [0.1, 0.15) is 47.5 Å². The summed E-state index contributed by atoms with van der Waals surface area (Å²) in [6, 6.07) is 12.6. The molecule has 29 heavy (non-hydrogen) atoms. The predicted octanol–water partition coefficient (Wildman–Crippen LogP) is 7.25. The van der Waals surface area contributed by atoms with Crippen LogP contribution >= 0.6 is 34.9 Å². The summed E-state index contributed by atoms with van der Waals surface area (Å²) in [6.07, 6.45) is 3.92. The molecule has 2 aromatic rings. The van der Waals surface area contributed by atoms with E-state index in [0.717, 1.165) is 27.2 Å². The zero-order valence-corrected chi connectivity index (χ0v) is 21.5. The van der Waals surface area contributed by atoms with Crippen molar-refractivity contribution in [3.63, 3.8) is 0 Å². The van der Waals surface area contributed by atoms with Gasteiger partial charge in [0, 0.05) is 24.2 Å². The Kier molecular flexibility index (Phi) is 8.95. The zero-order chi connectivity index (χ0) is 21.7. The number of halogens is 1. The van der Waals surface area contributed by atoms with Crippen molar-refractivity contribution in [1.82, 2.24) is 0 Å². The smallest absolute Gasteiger partial charge is 0.0928 e. The summed E-state index contributed by atoms with van der Waals surface area (Å²) in [4.78, 5) is 2.49. The van der Waals surface area contributed by atoms with Gasteiger partial charge in [0.15, 0.2) is 0 Å². The number of piperidine rings is 1. The lowest BCUT2D eigenvalue weighted by molar-refractivity contribution is 0.280. The van der Waals surface area contributed by atoms with E-state index in [4.69, 9.17) is 0 Å². The van der Waals surface area contributed by atoms with Gasteiger partial charge in [0.05, 0.1) is 30.6 Å². The molecule has 2 heterocycles. The fourth-order valence-electron chi connectivity index (χ4n) is 3.05. The van der Waals surface area contributed by atoms with Crippen molar-refractivity contribution in [3.05, 3.63) is 36.4 Å². The summed E-state index contributed by atoms with van der Waals surface area (Å²) >= 11 is 7.86. The van der Waals surface area contributed by atoms with E-state index < -0.39 is 10.8 Å². The number of para-hydroxylation sites is 2. The summed E-state index contributed by atoms with van der Waals surface area (Å²) < 4.78 is 17.9. The number of anilines is 2. The van der Waals surface area contributed by atoms with Crippen LogP contribution in [0, 0.1) is 5.41 Å². The topological polar surface area (TPSA) is 32.3 Å². The highest BCUT2D eigenvalue weighted by Crippen LogP contribution is 2.38. The standard InChI is InChI=1S/C21H30N2OS3.CH3Cl/c1-20(2,3)27(24)19-11-10-18(25-19)26-22-16-8-6-7-9-17(16)23-14-12-21(4,5)13-15-23;1-2/h6-11,22H,12-15H2,1-5H3;1H3. The molecule has 0 radical (unpaired) electrons. The van der Waals surface area contributed by atoms with Gasteiger partial charge in [0.2, 0.25) is 0 Å². The van der Waals surface area contributed by atoms with Crippen LogP contribution in [0.15, 0.2) is 44.8 Å². The molecule has 1 aromatic carbocycles. The zero-order valence-electron chi connectivity index (χ0n) is 18.3.